The minimum atomic E-state index is -0.278. The summed E-state index contributed by atoms with van der Waals surface area (Å²) < 4.78 is 0. The minimum Gasteiger partial charge on any atom is -0.339 e. The van der Waals surface area contributed by atoms with E-state index in [1.165, 1.54) is 12.4 Å². The van der Waals surface area contributed by atoms with Crippen LogP contribution in [0.2, 0.25) is 5.15 Å². The maximum atomic E-state index is 11.2. The lowest BCUT2D eigenvalue weighted by atomic mass is 10.2. The number of nitrogens with one attached hydrogen (secondary N) is 1. The molecule has 1 aromatic carbocycles. The number of nitrogens with zero attached hydrogens (tertiary/aromatic N) is 4. The highest BCUT2D eigenvalue weighted by Gasteiger charge is 2.10. The molecule has 0 saturated heterocycles. The molecule has 0 fully saturated rings. The molecule has 0 unspecified atom stereocenters. The van der Waals surface area contributed by atoms with E-state index < -0.39 is 0 Å². The Hall–Kier alpha value is -2.78. The lowest BCUT2D eigenvalue weighted by molar-refractivity contribution is -0.112. The van der Waals surface area contributed by atoms with Gasteiger partial charge in [0.05, 0.1) is 5.36 Å². The largest absolute Gasteiger partial charge is 0.339 e. The van der Waals surface area contributed by atoms with Crippen molar-refractivity contribution in [2.45, 2.75) is 0 Å². The first-order valence-electron chi connectivity index (χ1n) is 5.59. The van der Waals surface area contributed by atoms with Gasteiger partial charge in [-0.05, 0) is 18.2 Å². The van der Waals surface area contributed by atoms with E-state index in [1.807, 2.05) is 6.07 Å². The van der Waals surface area contributed by atoms with Gasteiger partial charge in [0.1, 0.15) is 18.0 Å². The lowest BCUT2D eigenvalue weighted by Gasteiger charge is -2.06. The predicted molar refractivity (Wildman–Crippen MR) is 71.7 cm³/mol. The highest BCUT2D eigenvalue weighted by Crippen LogP contribution is 2.21. The van der Waals surface area contributed by atoms with E-state index in [2.05, 4.69) is 20.3 Å². The molecular weight excluding hydrogens is 278 g/mol. The van der Waals surface area contributed by atoms with Crippen LogP contribution in [0.1, 0.15) is 5.56 Å². The van der Waals surface area contributed by atoms with E-state index in [4.69, 9.17) is 16.9 Å². The van der Waals surface area contributed by atoms with Crippen LogP contribution in [0.5, 0.6) is 0 Å². The van der Waals surface area contributed by atoms with Crippen LogP contribution in [0.15, 0.2) is 29.5 Å². The first kappa shape index (κ1) is 12.3. The lowest BCUT2D eigenvalue weighted by Crippen LogP contribution is -2.21. The molecule has 1 aromatic heterocycles. The summed E-state index contributed by atoms with van der Waals surface area (Å²) >= 11 is 5.83. The van der Waals surface area contributed by atoms with E-state index >= 15 is 0 Å². The van der Waals surface area contributed by atoms with Crippen molar-refractivity contribution in [3.8, 4) is 6.07 Å². The molecule has 1 amide bonds. The molecule has 3 rings (SSSR count). The zero-order chi connectivity index (χ0) is 14.1. The Balaban J connectivity index is 2.03. The number of amides is 1. The summed E-state index contributed by atoms with van der Waals surface area (Å²) in [4.78, 5) is 22.7. The third-order valence-corrected chi connectivity index (χ3v) is 3.00. The average Bonchev–Trinajstić information content (AvgIpc) is 2.78. The summed E-state index contributed by atoms with van der Waals surface area (Å²) in [5, 5.41) is 13.5. The van der Waals surface area contributed by atoms with Gasteiger partial charge in [0.2, 0.25) is 0 Å². The van der Waals surface area contributed by atoms with Crippen LogP contribution in [0.4, 0.5) is 11.5 Å². The zero-order valence-electron chi connectivity index (χ0n) is 9.96. The van der Waals surface area contributed by atoms with Crippen molar-refractivity contribution in [1.82, 2.24) is 9.97 Å². The van der Waals surface area contributed by atoms with Crippen molar-refractivity contribution in [3.63, 3.8) is 0 Å². The van der Waals surface area contributed by atoms with Gasteiger partial charge in [-0.15, -0.1) is 0 Å². The molecule has 1 N–H and O–H groups in total. The number of anilines is 2. The second-order valence-electron chi connectivity index (χ2n) is 3.99. The number of fused-ring (bicyclic) bond motifs is 1. The van der Waals surface area contributed by atoms with Gasteiger partial charge in [-0.2, -0.15) is 5.26 Å². The van der Waals surface area contributed by atoms with Crippen molar-refractivity contribution in [2.75, 3.05) is 5.32 Å². The summed E-state index contributed by atoms with van der Waals surface area (Å²) in [6.07, 6.45) is 2.71. The molecule has 96 valence electrons. The molecule has 0 spiro atoms. The van der Waals surface area contributed by atoms with Crippen LogP contribution in [0.3, 0.4) is 0 Å². The van der Waals surface area contributed by atoms with Gasteiger partial charge in [0, 0.05) is 17.0 Å². The fraction of sp³-hybridized carbons (Fsp3) is 0. The molecule has 0 saturated carbocycles. The second-order valence-corrected chi connectivity index (χ2v) is 4.35. The van der Waals surface area contributed by atoms with E-state index in [9.17, 15) is 4.79 Å². The van der Waals surface area contributed by atoms with E-state index in [-0.39, 0.29) is 16.6 Å². The van der Waals surface area contributed by atoms with Crippen LogP contribution in [0, 0.1) is 11.3 Å². The summed E-state index contributed by atoms with van der Waals surface area (Å²) in [5.74, 6) is 0.0358. The van der Waals surface area contributed by atoms with E-state index in [0.717, 1.165) is 5.22 Å². The number of hydrogen-bond acceptors (Lipinski definition) is 5. The summed E-state index contributed by atoms with van der Waals surface area (Å²) in [6, 6.07) is 7.15. The first-order valence-corrected chi connectivity index (χ1v) is 5.97. The Morgan fingerprint density at radius 1 is 1.30 bits per heavy atom. The molecule has 2 heterocycles. The quantitative estimate of drug-likeness (QED) is 0.819. The molecule has 7 heteroatoms. The Morgan fingerprint density at radius 2 is 2.15 bits per heavy atom. The van der Waals surface area contributed by atoms with Crippen LogP contribution < -0.4 is 15.9 Å². The number of rotatable bonds is 2. The normalized spacial score (nSPS) is 12.1. The van der Waals surface area contributed by atoms with E-state index in [1.54, 1.807) is 18.2 Å². The SMILES string of the molecule is N#Cc1c(Cl)ncnc1Nc1ccc2c(c1)=CC(=O)N=2. The highest BCUT2D eigenvalue weighted by atomic mass is 35.5. The number of benzene rings is 1. The summed E-state index contributed by atoms with van der Waals surface area (Å²) in [6.45, 7) is 0. The number of nitriles is 1. The van der Waals surface area contributed by atoms with Crippen molar-refractivity contribution < 1.29 is 4.79 Å². The molecule has 2 aromatic rings. The molecule has 6 nitrogen and oxygen atoms in total. The number of carbonyl (C=O) groups is 1. The average molecular weight is 284 g/mol. The molecular formula is C13H6ClN5O. The van der Waals surface area contributed by atoms with Crippen LogP contribution in [0.25, 0.3) is 6.08 Å². The second kappa shape index (κ2) is 4.72. The van der Waals surface area contributed by atoms with Gasteiger partial charge in [-0.25, -0.2) is 15.0 Å². The van der Waals surface area contributed by atoms with Crippen molar-refractivity contribution in [1.29, 1.82) is 5.26 Å². The topological polar surface area (TPSA) is 91.0 Å². The fourth-order valence-electron chi connectivity index (χ4n) is 1.83. The molecule has 1 aliphatic heterocycles. The molecule has 0 atom stereocenters. The monoisotopic (exact) mass is 283 g/mol. The van der Waals surface area contributed by atoms with Gasteiger partial charge in [-0.1, -0.05) is 11.6 Å². The number of carbonyl (C=O) groups excluding carboxylic acids is 1. The summed E-state index contributed by atoms with van der Waals surface area (Å²) in [7, 11) is 0. The molecule has 1 aliphatic rings. The van der Waals surface area contributed by atoms with Crippen molar-refractivity contribution in [3.05, 3.63) is 45.8 Å². The maximum absolute atomic E-state index is 11.2. The maximum Gasteiger partial charge on any atom is 0.270 e. The fourth-order valence-corrected chi connectivity index (χ4v) is 2.00. The Labute approximate surface area is 118 Å². The van der Waals surface area contributed by atoms with Crippen LogP contribution in [-0.4, -0.2) is 15.9 Å². The molecule has 20 heavy (non-hydrogen) atoms. The van der Waals surface area contributed by atoms with Crippen molar-refractivity contribution >= 4 is 35.1 Å². The number of aromatic nitrogens is 2. The Kier molecular flexibility index (Phi) is 2.89. The standard InChI is InChI=1S/C13H6ClN5O/c14-12-9(5-15)13(17-6-16-12)18-8-1-2-10-7(3-8)4-11(20)19-10/h1-4,6H,(H,16,17,18). The predicted octanol–water partition coefficient (Wildman–Crippen LogP) is 0.686. The highest BCUT2D eigenvalue weighted by molar-refractivity contribution is 6.30. The van der Waals surface area contributed by atoms with E-state index in [0.29, 0.717) is 16.9 Å². The third kappa shape index (κ3) is 2.11. The summed E-state index contributed by atoms with van der Waals surface area (Å²) in [5.41, 5.74) is 0.843. The third-order valence-electron chi connectivity index (χ3n) is 2.71. The van der Waals surface area contributed by atoms with Gasteiger partial charge in [0.25, 0.3) is 5.91 Å². The Bertz CT molecular complexity index is 885. The minimum absolute atomic E-state index is 0.0860. The molecule has 0 radical (unpaired) electrons. The van der Waals surface area contributed by atoms with Gasteiger partial charge < -0.3 is 5.32 Å². The zero-order valence-corrected chi connectivity index (χ0v) is 10.7. The van der Waals surface area contributed by atoms with Crippen LogP contribution in [-0.2, 0) is 4.79 Å². The van der Waals surface area contributed by atoms with Gasteiger partial charge in [0.15, 0.2) is 11.0 Å². The molecule has 0 bridgehead atoms. The smallest absolute Gasteiger partial charge is 0.270 e. The molecule has 0 aliphatic carbocycles. The van der Waals surface area contributed by atoms with Crippen LogP contribution >= 0.6 is 11.6 Å². The van der Waals surface area contributed by atoms with Gasteiger partial charge >= 0.3 is 0 Å². The van der Waals surface area contributed by atoms with Gasteiger partial charge in [-0.3, -0.25) is 4.79 Å². The Morgan fingerprint density at radius 3 is 2.95 bits per heavy atom. The number of hydrogen-bond donors (Lipinski definition) is 1. The first-order chi connectivity index (χ1) is 9.67. The van der Waals surface area contributed by atoms with Crippen molar-refractivity contribution in [2.24, 2.45) is 4.99 Å². The number of halogens is 1.